The van der Waals surface area contributed by atoms with Crippen molar-refractivity contribution in [2.75, 3.05) is 13.2 Å². The van der Waals surface area contributed by atoms with Gasteiger partial charge in [0.1, 0.15) is 11.8 Å². The fourth-order valence-corrected chi connectivity index (χ4v) is 2.64. The molecule has 1 unspecified atom stereocenters. The third-order valence-electron chi connectivity index (χ3n) is 4.30. The standard InChI is InChI=1S/C22H28N2O3/c1-3-4-15-23-22(26)18(2)24(16-19-11-7-5-8-12-19)21(25)17-27-20-13-9-6-10-14-20/h5-14,18H,3-4,15-17H2,1-2H3,(H,23,26). The Morgan fingerprint density at radius 1 is 1.04 bits per heavy atom. The Morgan fingerprint density at radius 3 is 2.30 bits per heavy atom. The summed E-state index contributed by atoms with van der Waals surface area (Å²) >= 11 is 0. The van der Waals surface area contributed by atoms with Gasteiger partial charge in [-0.3, -0.25) is 9.59 Å². The average molecular weight is 368 g/mol. The molecule has 2 aromatic rings. The molecule has 2 aromatic carbocycles. The van der Waals surface area contributed by atoms with Gasteiger partial charge in [0.2, 0.25) is 5.91 Å². The molecule has 27 heavy (non-hydrogen) atoms. The molecule has 0 aliphatic heterocycles. The van der Waals surface area contributed by atoms with Crippen LogP contribution >= 0.6 is 0 Å². The molecule has 2 rings (SSSR count). The molecule has 0 fully saturated rings. The molecule has 0 radical (unpaired) electrons. The average Bonchev–Trinajstić information content (AvgIpc) is 2.71. The van der Waals surface area contributed by atoms with Gasteiger partial charge < -0.3 is 15.0 Å². The maximum absolute atomic E-state index is 12.8. The van der Waals surface area contributed by atoms with Crippen LogP contribution in [-0.2, 0) is 16.1 Å². The van der Waals surface area contributed by atoms with Gasteiger partial charge in [0, 0.05) is 13.1 Å². The van der Waals surface area contributed by atoms with Crippen molar-refractivity contribution in [1.82, 2.24) is 10.2 Å². The van der Waals surface area contributed by atoms with Crippen molar-refractivity contribution in [3.05, 3.63) is 66.2 Å². The van der Waals surface area contributed by atoms with Gasteiger partial charge >= 0.3 is 0 Å². The largest absolute Gasteiger partial charge is 0.484 e. The van der Waals surface area contributed by atoms with Crippen molar-refractivity contribution in [3.63, 3.8) is 0 Å². The molecule has 5 nitrogen and oxygen atoms in total. The van der Waals surface area contributed by atoms with E-state index in [1.54, 1.807) is 24.0 Å². The predicted octanol–water partition coefficient (Wildman–Crippen LogP) is 3.40. The first-order valence-electron chi connectivity index (χ1n) is 9.40. The first-order chi connectivity index (χ1) is 13.1. The third-order valence-corrected chi connectivity index (χ3v) is 4.30. The van der Waals surface area contributed by atoms with E-state index in [9.17, 15) is 9.59 Å². The number of hydrogen-bond donors (Lipinski definition) is 1. The van der Waals surface area contributed by atoms with Crippen LogP contribution in [-0.4, -0.2) is 35.9 Å². The quantitative estimate of drug-likeness (QED) is 0.654. The van der Waals surface area contributed by atoms with E-state index in [1.807, 2.05) is 48.5 Å². The summed E-state index contributed by atoms with van der Waals surface area (Å²) in [7, 11) is 0. The SMILES string of the molecule is CCCCNC(=O)C(C)N(Cc1ccccc1)C(=O)COc1ccccc1. The maximum atomic E-state index is 12.8. The minimum Gasteiger partial charge on any atom is -0.484 e. The molecule has 0 heterocycles. The molecular weight excluding hydrogens is 340 g/mol. The Balaban J connectivity index is 2.05. The van der Waals surface area contributed by atoms with Gasteiger partial charge in [-0.25, -0.2) is 0 Å². The Hall–Kier alpha value is -2.82. The number of benzene rings is 2. The summed E-state index contributed by atoms with van der Waals surface area (Å²) in [5.41, 5.74) is 0.971. The molecule has 1 atom stereocenters. The first-order valence-corrected chi connectivity index (χ1v) is 9.40. The van der Waals surface area contributed by atoms with Crippen molar-refractivity contribution in [3.8, 4) is 5.75 Å². The summed E-state index contributed by atoms with van der Waals surface area (Å²) in [5, 5.41) is 2.90. The second kappa shape index (κ2) is 11.0. The molecule has 144 valence electrons. The zero-order valence-corrected chi connectivity index (χ0v) is 16.1. The molecule has 0 spiro atoms. The highest BCUT2D eigenvalue weighted by atomic mass is 16.5. The van der Waals surface area contributed by atoms with Crippen LogP contribution in [0.1, 0.15) is 32.3 Å². The van der Waals surface area contributed by atoms with Crippen LogP contribution in [0.2, 0.25) is 0 Å². The Morgan fingerprint density at radius 2 is 1.67 bits per heavy atom. The Bertz CT molecular complexity index is 704. The normalized spacial score (nSPS) is 11.5. The van der Waals surface area contributed by atoms with E-state index in [0.717, 1.165) is 18.4 Å². The van der Waals surface area contributed by atoms with Crippen molar-refractivity contribution < 1.29 is 14.3 Å². The second-order valence-corrected chi connectivity index (χ2v) is 6.43. The number of nitrogens with one attached hydrogen (secondary N) is 1. The third kappa shape index (κ3) is 6.77. The molecule has 5 heteroatoms. The smallest absolute Gasteiger partial charge is 0.261 e. The second-order valence-electron chi connectivity index (χ2n) is 6.43. The van der Waals surface area contributed by atoms with Gasteiger partial charge in [-0.15, -0.1) is 0 Å². The topological polar surface area (TPSA) is 58.6 Å². The Kier molecular flexibility index (Phi) is 8.36. The summed E-state index contributed by atoms with van der Waals surface area (Å²) in [4.78, 5) is 26.9. The van der Waals surface area contributed by atoms with Gasteiger partial charge in [0.25, 0.3) is 5.91 Å². The molecule has 0 bridgehead atoms. The van der Waals surface area contributed by atoms with E-state index in [4.69, 9.17) is 4.74 Å². The summed E-state index contributed by atoms with van der Waals surface area (Å²) in [6.07, 6.45) is 1.93. The summed E-state index contributed by atoms with van der Waals surface area (Å²) < 4.78 is 5.59. The summed E-state index contributed by atoms with van der Waals surface area (Å²) in [5.74, 6) is 0.263. The number of hydrogen-bond acceptors (Lipinski definition) is 3. The van der Waals surface area contributed by atoms with Crippen LogP contribution in [0.4, 0.5) is 0 Å². The lowest BCUT2D eigenvalue weighted by Crippen LogP contribution is -2.49. The number of carbonyl (C=O) groups is 2. The monoisotopic (exact) mass is 368 g/mol. The molecule has 0 aliphatic carbocycles. The van der Waals surface area contributed by atoms with Crippen LogP contribution in [0.25, 0.3) is 0 Å². The highest BCUT2D eigenvalue weighted by Crippen LogP contribution is 2.12. The number of amides is 2. The van der Waals surface area contributed by atoms with Gasteiger partial charge in [0.05, 0.1) is 0 Å². The minimum atomic E-state index is -0.575. The van der Waals surface area contributed by atoms with Crippen molar-refractivity contribution in [1.29, 1.82) is 0 Å². The number of carbonyl (C=O) groups excluding carboxylic acids is 2. The lowest BCUT2D eigenvalue weighted by Gasteiger charge is -2.28. The van der Waals surface area contributed by atoms with Gasteiger partial charge in [-0.1, -0.05) is 61.9 Å². The van der Waals surface area contributed by atoms with E-state index >= 15 is 0 Å². The molecule has 1 N–H and O–H groups in total. The lowest BCUT2D eigenvalue weighted by molar-refractivity contribution is -0.142. The molecule has 0 saturated heterocycles. The van der Waals surface area contributed by atoms with E-state index in [2.05, 4.69) is 12.2 Å². The minimum absolute atomic E-state index is 0.108. The zero-order chi connectivity index (χ0) is 19.5. The van der Waals surface area contributed by atoms with Crippen molar-refractivity contribution in [2.45, 2.75) is 39.3 Å². The van der Waals surface area contributed by atoms with E-state index in [1.165, 1.54) is 0 Å². The van der Waals surface area contributed by atoms with Crippen LogP contribution in [0.3, 0.4) is 0 Å². The fraction of sp³-hybridized carbons (Fsp3) is 0.364. The number of nitrogens with zero attached hydrogens (tertiary/aromatic N) is 1. The molecule has 0 saturated carbocycles. The predicted molar refractivity (Wildman–Crippen MR) is 106 cm³/mol. The maximum Gasteiger partial charge on any atom is 0.261 e. The first kappa shape index (κ1) is 20.5. The van der Waals surface area contributed by atoms with Crippen LogP contribution in [0.5, 0.6) is 5.75 Å². The lowest BCUT2D eigenvalue weighted by atomic mass is 10.1. The number of para-hydroxylation sites is 1. The highest BCUT2D eigenvalue weighted by Gasteiger charge is 2.26. The van der Waals surface area contributed by atoms with Gasteiger partial charge in [-0.2, -0.15) is 0 Å². The van der Waals surface area contributed by atoms with Crippen molar-refractivity contribution in [2.24, 2.45) is 0 Å². The van der Waals surface area contributed by atoms with Crippen LogP contribution in [0.15, 0.2) is 60.7 Å². The summed E-state index contributed by atoms with van der Waals surface area (Å²) in [6, 6.07) is 18.3. The molecular formula is C22H28N2O3. The molecule has 0 aromatic heterocycles. The van der Waals surface area contributed by atoms with Crippen LogP contribution < -0.4 is 10.1 Å². The fourth-order valence-electron chi connectivity index (χ4n) is 2.64. The van der Waals surface area contributed by atoms with E-state index in [-0.39, 0.29) is 18.4 Å². The number of unbranched alkanes of at least 4 members (excludes halogenated alkanes) is 1. The van der Waals surface area contributed by atoms with Gasteiger partial charge in [0.15, 0.2) is 6.61 Å². The zero-order valence-electron chi connectivity index (χ0n) is 16.1. The highest BCUT2D eigenvalue weighted by molar-refractivity contribution is 5.87. The Labute approximate surface area is 161 Å². The molecule has 0 aliphatic rings. The van der Waals surface area contributed by atoms with Gasteiger partial charge in [-0.05, 0) is 31.0 Å². The van der Waals surface area contributed by atoms with E-state index < -0.39 is 6.04 Å². The number of ether oxygens (including phenoxy) is 1. The van der Waals surface area contributed by atoms with Crippen molar-refractivity contribution >= 4 is 11.8 Å². The summed E-state index contributed by atoms with van der Waals surface area (Å²) in [6.45, 7) is 4.70. The van der Waals surface area contributed by atoms with E-state index in [0.29, 0.717) is 18.8 Å². The molecule has 2 amide bonds. The number of rotatable bonds is 10. The van der Waals surface area contributed by atoms with Crippen LogP contribution in [0, 0.1) is 0 Å².